The molecule has 0 bridgehead atoms. The average Bonchev–Trinajstić information content (AvgIpc) is 3.13. The minimum atomic E-state index is 0.184. The van der Waals surface area contributed by atoms with E-state index in [9.17, 15) is 0 Å². The third-order valence-corrected chi connectivity index (χ3v) is 4.61. The molecule has 6 heteroatoms. The highest BCUT2D eigenvalue weighted by atomic mass is 15.3. The van der Waals surface area contributed by atoms with Gasteiger partial charge in [0.05, 0.1) is 30.9 Å². The fourth-order valence-electron chi connectivity index (χ4n) is 3.16. The smallest absolute Gasteiger partial charge is 0.160 e. The SMILES string of the molecule is N#CCC(C1CCC1)n1cc(-c2cnnc3[nH]ccc23)cn1. The van der Waals surface area contributed by atoms with Crippen molar-refractivity contribution in [3.8, 4) is 17.2 Å². The number of nitrogens with one attached hydrogen (secondary N) is 1. The van der Waals surface area contributed by atoms with E-state index >= 15 is 0 Å². The molecule has 1 atom stereocenters. The summed E-state index contributed by atoms with van der Waals surface area (Å²) < 4.78 is 1.96. The summed E-state index contributed by atoms with van der Waals surface area (Å²) in [7, 11) is 0. The molecule has 0 aromatic carbocycles. The van der Waals surface area contributed by atoms with Crippen LogP contribution in [0.4, 0.5) is 0 Å². The summed E-state index contributed by atoms with van der Waals surface area (Å²) in [4.78, 5) is 3.07. The molecule has 0 spiro atoms. The van der Waals surface area contributed by atoms with Gasteiger partial charge in [-0.2, -0.15) is 15.5 Å². The molecule has 22 heavy (non-hydrogen) atoms. The van der Waals surface area contributed by atoms with Crippen molar-refractivity contribution >= 4 is 11.0 Å². The van der Waals surface area contributed by atoms with Crippen LogP contribution in [-0.4, -0.2) is 25.0 Å². The third-order valence-electron chi connectivity index (χ3n) is 4.61. The molecule has 3 aromatic heterocycles. The summed E-state index contributed by atoms with van der Waals surface area (Å²) in [5, 5.41) is 22.8. The lowest BCUT2D eigenvalue weighted by atomic mass is 9.79. The number of hydrogen-bond acceptors (Lipinski definition) is 4. The molecule has 110 valence electrons. The van der Waals surface area contributed by atoms with Crippen LogP contribution in [0.5, 0.6) is 0 Å². The summed E-state index contributed by atoms with van der Waals surface area (Å²) in [5.41, 5.74) is 2.81. The molecular formula is C16H16N6. The zero-order valence-electron chi connectivity index (χ0n) is 12.1. The summed E-state index contributed by atoms with van der Waals surface area (Å²) in [5.74, 6) is 0.579. The number of nitrogens with zero attached hydrogens (tertiary/aromatic N) is 5. The van der Waals surface area contributed by atoms with E-state index < -0.39 is 0 Å². The van der Waals surface area contributed by atoms with E-state index in [1.807, 2.05) is 29.3 Å². The molecule has 1 aliphatic carbocycles. The number of rotatable bonds is 4. The van der Waals surface area contributed by atoms with Crippen LogP contribution in [0.1, 0.15) is 31.7 Å². The number of aromatic amines is 1. The summed E-state index contributed by atoms with van der Waals surface area (Å²) >= 11 is 0. The average molecular weight is 292 g/mol. The number of fused-ring (bicyclic) bond motifs is 1. The van der Waals surface area contributed by atoms with E-state index in [2.05, 4.69) is 26.3 Å². The van der Waals surface area contributed by atoms with Gasteiger partial charge in [-0.15, -0.1) is 5.10 Å². The van der Waals surface area contributed by atoms with Gasteiger partial charge < -0.3 is 4.98 Å². The molecule has 1 aliphatic rings. The Hall–Kier alpha value is -2.68. The zero-order chi connectivity index (χ0) is 14.9. The predicted molar refractivity (Wildman–Crippen MR) is 81.7 cm³/mol. The highest BCUT2D eigenvalue weighted by Gasteiger charge is 2.29. The third kappa shape index (κ3) is 2.06. The lowest BCUT2D eigenvalue weighted by molar-refractivity contribution is 0.199. The van der Waals surface area contributed by atoms with E-state index in [1.165, 1.54) is 19.3 Å². The lowest BCUT2D eigenvalue weighted by Crippen LogP contribution is -2.25. The molecule has 1 N–H and O–H groups in total. The maximum absolute atomic E-state index is 9.09. The van der Waals surface area contributed by atoms with Crippen molar-refractivity contribution in [2.75, 3.05) is 0 Å². The van der Waals surface area contributed by atoms with E-state index in [0.717, 1.165) is 22.2 Å². The van der Waals surface area contributed by atoms with Gasteiger partial charge >= 0.3 is 0 Å². The van der Waals surface area contributed by atoms with Crippen LogP contribution in [0.2, 0.25) is 0 Å². The van der Waals surface area contributed by atoms with Crippen molar-refractivity contribution in [1.29, 1.82) is 5.26 Å². The van der Waals surface area contributed by atoms with Crippen LogP contribution in [0, 0.1) is 17.2 Å². The first-order valence-electron chi connectivity index (χ1n) is 7.57. The van der Waals surface area contributed by atoms with Crippen molar-refractivity contribution in [2.24, 2.45) is 5.92 Å². The number of H-pyrrole nitrogens is 1. The molecule has 0 saturated heterocycles. The van der Waals surface area contributed by atoms with Crippen LogP contribution < -0.4 is 0 Å². The highest BCUT2D eigenvalue weighted by Crippen LogP contribution is 2.38. The van der Waals surface area contributed by atoms with Crippen LogP contribution in [0.15, 0.2) is 30.9 Å². The van der Waals surface area contributed by atoms with Gasteiger partial charge in [0, 0.05) is 28.9 Å². The van der Waals surface area contributed by atoms with Crippen molar-refractivity contribution in [3.63, 3.8) is 0 Å². The number of nitriles is 1. The minimum absolute atomic E-state index is 0.184. The Labute approximate surface area is 127 Å². The number of hydrogen-bond donors (Lipinski definition) is 1. The Kier molecular flexibility index (Phi) is 3.11. The zero-order valence-corrected chi connectivity index (χ0v) is 12.1. The van der Waals surface area contributed by atoms with E-state index in [-0.39, 0.29) is 6.04 Å². The topological polar surface area (TPSA) is 83.2 Å². The quantitative estimate of drug-likeness (QED) is 0.801. The summed E-state index contributed by atoms with van der Waals surface area (Å²) in [6, 6.07) is 4.48. The predicted octanol–water partition coefficient (Wildman–Crippen LogP) is 3.08. The van der Waals surface area contributed by atoms with Gasteiger partial charge in [-0.25, -0.2) is 0 Å². The minimum Gasteiger partial charge on any atom is -0.345 e. The number of aromatic nitrogens is 5. The van der Waals surface area contributed by atoms with E-state index in [1.54, 1.807) is 6.20 Å². The monoisotopic (exact) mass is 292 g/mol. The highest BCUT2D eigenvalue weighted by molar-refractivity contribution is 5.91. The van der Waals surface area contributed by atoms with E-state index in [0.29, 0.717) is 12.3 Å². The molecule has 0 radical (unpaired) electrons. The van der Waals surface area contributed by atoms with E-state index in [4.69, 9.17) is 5.26 Å². The van der Waals surface area contributed by atoms with Gasteiger partial charge in [-0.1, -0.05) is 6.42 Å². The van der Waals surface area contributed by atoms with Gasteiger partial charge in [0.1, 0.15) is 0 Å². The van der Waals surface area contributed by atoms with Crippen molar-refractivity contribution in [1.82, 2.24) is 25.0 Å². The second kappa shape index (κ2) is 5.26. The molecule has 6 nitrogen and oxygen atoms in total. The molecular weight excluding hydrogens is 276 g/mol. The van der Waals surface area contributed by atoms with Crippen LogP contribution in [0.3, 0.4) is 0 Å². The second-order valence-corrected chi connectivity index (χ2v) is 5.83. The Bertz CT molecular complexity index is 836. The van der Waals surface area contributed by atoms with Crippen LogP contribution >= 0.6 is 0 Å². The molecule has 3 aromatic rings. The fraction of sp³-hybridized carbons (Fsp3) is 0.375. The van der Waals surface area contributed by atoms with Gasteiger partial charge in [0.2, 0.25) is 0 Å². The molecule has 3 heterocycles. The summed E-state index contributed by atoms with van der Waals surface area (Å²) in [6.45, 7) is 0. The largest absolute Gasteiger partial charge is 0.345 e. The second-order valence-electron chi connectivity index (χ2n) is 5.83. The Morgan fingerprint density at radius 2 is 2.32 bits per heavy atom. The Morgan fingerprint density at radius 1 is 1.41 bits per heavy atom. The van der Waals surface area contributed by atoms with Gasteiger partial charge in [-0.3, -0.25) is 4.68 Å². The normalized spacial score (nSPS) is 16.3. The van der Waals surface area contributed by atoms with Crippen LogP contribution in [-0.2, 0) is 0 Å². The summed E-state index contributed by atoms with van der Waals surface area (Å²) in [6.07, 6.45) is 11.7. The maximum Gasteiger partial charge on any atom is 0.160 e. The van der Waals surface area contributed by atoms with Crippen LogP contribution in [0.25, 0.3) is 22.2 Å². The first kappa shape index (κ1) is 13.0. The van der Waals surface area contributed by atoms with Gasteiger partial charge in [0.15, 0.2) is 5.65 Å². The lowest BCUT2D eigenvalue weighted by Gasteiger charge is -2.32. The molecule has 1 saturated carbocycles. The molecule has 0 aliphatic heterocycles. The first-order chi connectivity index (χ1) is 10.9. The van der Waals surface area contributed by atoms with Gasteiger partial charge in [-0.05, 0) is 24.8 Å². The Morgan fingerprint density at radius 3 is 3.09 bits per heavy atom. The maximum atomic E-state index is 9.09. The standard InChI is InChI=1S/C16H16N6/c17-6-4-15(11-2-1-3-11)22-10-12(8-20-22)14-9-19-21-16-13(14)5-7-18-16/h5,7-11,15H,1-4H2,(H,18,21). The molecule has 4 rings (SSSR count). The van der Waals surface area contributed by atoms with Gasteiger partial charge in [0.25, 0.3) is 0 Å². The Balaban J connectivity index is 1.71. The fourth-order valence-corrected chi connectivity index (χ4v) is 3.16. The van der Waals surface area contributed by atoms with Crippen molar-refractivity contribution < 1.29 is 0 Å². The molecule has 0 amide bonds. The molecule has 1 unspecified atom stereocenters. The molecule has 1 fully saturated rings. The van der Waals surface area contributed by atoms with Crippen molar-refractivity contribution in [3.05, 3.63) is 30.9 Å². The first-order valence-corrected chi connectivity index (χ1v) is 7.57. The van der Waals surface area contributed by atoms with Crippen molar-refractivity contribution in [2.45, 2.75) is 31.7 Å².